The van der Waals surface area contributed by atoms with E-state index < -0.39 is 5.97 Å². The highest BCUT2D eigenvalue weighted by Crippen LogP contribution is 2.27. The van der Waals surface area contributed by atoms with Gasteiger partial charge in [0.25, 0.3) is 0 Å². The van der Waals surface area contributed by atoms with Crippen LogP contribution in [0.2, 0.25) is 0 Å². The fourth-order valence-corrected chi connectivity index (χ4v) is 3.28. The first-order valence-electron chi connectivity index (χ1n) is 10.2. The summed E-state index contributed by atoms with van der Waals surface area (Å²) in [5, 5.41) is 11.6. The topological polar surface area (TPSA) is 88.1 Å². The number of hydrogen-bond acceptors (Lipinski definition) is 5. The number of carbonyl (C=O) groups is 2. The lowest BCUT2D eigenvalue weighted by atomic mass is 10.0. The van der Waals surface area contributed by atoms with Crippen LogP contribution in [0.5, 0.6) is 5.75 Å². The molecule has 1 amide bonds. The minimum Gasteiger partial charge on any atom is -0.490 e. The third kappa shape index (κ3) is 7.17. The Balaban J connectivity index is 1.67. The van der Waals surface area contributed by atoms with Crippen LogP contribution < -0.4 is 10.1 Å². The summed E-state index contributed by atoms with van der Waals surface area (Å²) in [7, 11) is 0. The van der Waals surface area contributed by atoms with Gasteiger partial charge in [-0.15, -0.1) is 0 Å². The molecule has 3 rings (SSSR count). The van der Waals surface area contributed by atoms with E-state index in [4.69, 9.17) is 14.6 Å². The summed E-state index contributed by atoms with van der Waals surface area (Å²) in [5.74, 6) is -0.749. The molecule has 0 unspecified atom stereocenters. The molecule has 7 heteroatoms. The number of nitrogens with zero attached hydrogens (tertiary/aromatic N) is 1. The fourth-order valence-electron chi connectivity index (χ4n) is 3.28. The Morgan fingerprint density at radius 3 is 2.53 bits per heavy atom. The Labute approximate surface area is 176 Å². The Bertz CT molecular complexity index is 835. The number of benzene rings is 2. The number of carboxylic acids is 1. The average molecular weight is 412 g/mol. The van der Waals surface area contributed by atoms with Crippen LogP contribution in [0.25, 0.3) is 0 Å². The summed E-state index contributed by atoms with van der Waals surface area (Å²) in [5.41, 5.74) is 2.78. The molecule has 2 N–H and O–H groups in total. The van der Waals surface area contributed by atoms with E-state index in [0.717, 1.165) is 44.8 Å². The summed E-state index contributed by atoms with van der Waals surface area (Å²) in [6.07, 6.45) is 0.446. The van der Waals surface area contributed by atoms with E-state index in [2.05, 4.69) is 22.3 Å². The third-order valence-corrected chi connectivity index (χ3v) is 4.90. The third-order valence-electron chi connectivity index (χ3n) is 4.90. The van der Waals surface area contributed by atoms with Crippen molar-refractivity contribution in [3.05, 3.63) is 59.7 Å². The lowest BCUT2D eigenvalue weighted by Crippen LogP contribution is -2.38. The molecule has 1 aliphatic heterocycles. The number of morpholine rings is 1. The maximum absolute atomic E-state index is 12.2. The van der Waals surface area contributed by atoms with Crippen molar-refractivity contribution >= 4 is 17.6 Å². The van der Waals surface area contributed by atoms with E-state index in [1.807, 2.05) is 36.4 Å². The second kappa shape index (κ2) is 11.3. The van der Waals surface area contributed by atoms with Crippen LogP contribution in [-0.4, -0.2) is 61.3 Å². The number of anilines is 1. The van der Waals surface area contributed by atoms with Crippen molar-refractivity contribution < 1.29 is 24.2 Å². The maximum atomic E-state index is 12.2. The molecule has 0 radical (unpaired) electrons. The zero-order valence-electron chi connectivity index (χ0n) is 17.0. The predicted octanol–water partition coefficient (Wildman–Crippen LogP) is 2.79. The van der Waals surface area contributed by atoms with Crippen LogP contribution in [-0.2, 0) is 20.7 Å². The monoisotopic (exact) mass is 412 g/mol. The highest BCUT2D eigenvalue weighted by molar-refractivity contribution is 5.93. The molecule has 160 valence electrons. The van der Waals surface area contributed by atoms with E-state index >= 15 is 0 Å². The van der Waals surface area contributed by atoms with Gasteiger partial charge in [0.15, 0.2) is 0 Å². The van der Waals surface area contributed by atoms with E-state index in [9.17, 15) is 9.59 Å². The number of rotatable bonds is 10. The number of carbonyl (C=O) groups excluding carboxylic acids is 1. The van der Waals surface area contributed by atoms with Crippen molar-refractivity contribution in [2.24, 2.45) is 0 Å². The lowest BCUT2D eigenvalue weighted by molar-refractivity contribution is -0.138. The van der Waals surface area contributed by atoms with Crippen LogP contribution in [0, 0.1) is 0 Å². The molecule has 0 atom stereocenters. The van der Waals surface area contributed by atoms with E-state index in [0.29, 0.717) is 18.0 Å². The van der Waals surface area contributed by atoms with Crippen LogP contribution in [0.15, 0.2) is 48.5 Å². The molecule has 1 fully saturated rings. The molecule has 0 aromatic heterocycles. The van der Waals surface area contributed by atoms with Gasteiger partial charge in [-0.1, -0.05) is 36.4 Å². The Morgan fingerprint density at radius 1 is 1.03 bits per heavy atom. The van der Waals surface area contributed by atoms with Crippen LogP contribution in [0.4, 0.5) is 5.69 Å². The van der Waals surface area contributed by atoms with Gasteiger partial charge >= 0.3 is 5.97 Å². The molecule has 0 spiro atoms. The molecule has 7 nitrogen and oxygen atoms in total. The van der Waals surface area contributed by atoms with Crippen LogP contribution >= 0.6 is 0 Å². The number of carboxylic acid groups (broad SMARTS) is 1. The second-order valence-corrected chi connectivity index (χ2v) is 7.24. The predicted molar refractivity (Wildman–Crippen MR) is 114 cm³/mol. The lowest BCUT2D eigenvalue weighted by Gasteiger charge is -2.26. The molecule has 2 aromatic carbocycles. The van der Waals surface area contributed by atoms with Crippen LogP contribution in [0.3, 0.4) is 0 Å². The van der Waals surface area contributed by atoms with Gasteiger partial charge in [0.05, 0.1) is 25.3 Å². The first kappa shape index (κ1) is 21.8. The van der Waals surface area contributed by atoms with Crippen molar-refractivity contribution in [2.45, 2.75) is 19.3 Å². The first-order valence-corrected chi connectivity index (χ1v) is 10.2. The molecule has 1 heterocycles. The fraction of sp³-hybridized carbons (Fsp3) is 0.391. The average Bonchev–Trinajstić information content (AvgIpc) is 2.75. The van der Waals surface area contributed by atoms with E-state index in [-0.39, 0.29) is 18.7 Å². The van der Waals surface area contributed by atoms with Crippen molar-refractivity contribution in [3.8, 4) is 5.75 Å². The minimum atomic E-state index is -0.995. The maximum Gasteiger partial charge on any atom is 0.303 e. The van der Waals surface area contributed by atoms with Crippen molar-refractivity contribution in [3.63, 3.8) is 0 Å². The SMILES string of the molecule is O=C(O)CCC(=O)Nc1cc(Cc2ccccc2)ccc1OCCN1CCOCC1. The number of hydrogen-bond donors (Lipinski definition) is 2. The molecule has 0 saturated carbocycles. The van der Waals surface area contributed by atoms with Gasteiger partial charge in [0.2, 0.25) is 5.91 Å². The molecule has 1 aliphatic rings. The first-order chi connectivity index (χ1) is 14.6. The second-order valence-electron chi connectivity index (χ2n) is 7.24. The number of nitrogens with one attached hydrogen (secondary N) is 1. The number of aliphatic carboxylic acids is 1. The van der Waals surface area contributed by atoms with Gasteiger partial charge in [0, 0.05) is 26.1 Å². The van der Waals surface area contributed by atoms with Crippen molar-refractivity contribution in [1.82, 2.24) is 4.90 Å². The summed E-state index contributed by atoms with van der Waals surface area (Å²) in [4.78, 5) is 25.2. The van der Waals surface area contributed by atoms with Crippen molar-refractivity contribution in [2.75, 3.05) is 44.8 Å². The summed E-state index contributed by atoms with van der Waals surface area (Å²) >= 11 is 0. The standard InChI is InChI=1S/C23H28N2O5/c26-22(8-9-23(27)28)24-20-17-19(16-18-4-2-1-3-5-18)6-7-21(20)30-15-12-25-10-13-29-14-11-25/h1-7,17H,8-16H2,(H,24,26)(H,27,28). The van der Waals surface area contributed by atoms with Gasteiger partial charge in [0.1, 0.15) is 12.4 Å². The summed E-state index contributed by atoms with van der Waals surface area (Å²) < 4.78 is 11.3. The van der Waals surface area contributed by atoms with Gasteiger partial charge in [-0.25, -0.2) is 0 Å². The molecular weight excluding hydrogens is 384 g/mol. The molecule has 0 aliphatic carbocycles. The summed E-state index contributed by atoms with van der Waals surface area (Å²) in [6.45, 7) is 4.52. The van der Waals surface area contributed by atoms with E-state index in [1.165, 1.54) is 5.56 Å². The largest absolute Gasteiger partial charge is 0.490 e. The normalized spacial score (nSPS) is 14.3. The van der Waals surface area contributed by atoms with Crippen molar-refractivity contribution in [1.29, 1.82) is 0 Å². The van der Waals surface area contributed by atoms with Gasteiger partial charge < -0.3 is 19.9 Å². The minimum absolute atomic E-state index is 0.0779. The smallest absolute Gasteiger partial charge is 0.303 e. The van der Waals surface area contributed by atoms with Crippen LogP contribution in [0.1, 0.15) is 24.0 Å². The summed E-state index contributed by atoms with van der Waals surface area (Å²) in [6, 6.07) is 15.8. The Kier molecular flexibility index (Phi) is 8.23. The van der Waals surface area contributed by atoms with Gasteiger partial charge in [-0.3, -0.25) is 14.5 Å². The molecule has 30 heavy (non-hydrogen) atoms. The Morgan fingerprint density at radius 2 is 1.80 bits per heavy atom. The quantitative estimate of drug-likeness (QED) is 0.624. The number of ether oxygens (including phenoxy) is 2. The van der Waals surface area contributed by atoms with Gasteiger partial charge in [-0.2, -0.15) is 0 Å². The van der Waals surface area contributed by atoms with E-state index in [1.54, 1.807) is 0 Å². The zero-order chi connectivity index (χ0) is 21.2. The molecule has 0 bridgehead atoms. The molecule has 2 aromatic rings. The highest BCUT2D eigenvalue weighted by atomic mass is 16.5. The highest BCUT2D eigenvalue weighted by Gasteiger charge is 2.13. The zero-order valence-corrected chi connectivity index (χ0v) is 17.0. The Hall–Kier alpha value is -2.90. The molecular formula is C23H28N2O5. The number of amides is 1. The molecule has 1 saturated heterocycles. The van der Waals surface area contributed by atoms with Gasteiger partial charge in [-0.05, 0) is 29.7 Å².